The molecule has 6 rings (SSSR count). The van der Waals surface area contributed by atoms with Crippen LogP contribution in [0.4, 0.5) is 5.69 Å². The maximum absolute atomic E-state index is 12.8. The maximum atomic E-state index is 12.8. The molecule has 8 heteroatoms. The molecule has 0 spiro atoms. The summed E-state index contributed by atoms with van der Waals surface area (Å²) in [7, 11) is -3.92. The topological polar surface area (TPSA) is 69.7 Å². The van der Waals surface area contributed by atoms with Crippen LogP contribution in [0.5, 0.6) is 0 Å². The molecule has 1 fully saturated rings. The third kappa shape index (κ3) is 5.50. The van der Waals surface area contributed by atoms with E-state index in [0.717, 1.165) is 55.3 Å². The van der Waals surface area contributed by atoms with Crippen molar-refractivity contribution < 1.29 is 13.2 Å². The SMILES string of the molecule is O=C(NS(=O)(=O)c1ccccc1)c1ccc2c(c1)CC[C@H]1CN(Cc3ccccc3-c3ccc(Cl)cc3)CCN21. The highest BCUT2D eigenvalue weighted by molar-refractivity contribution is 7.90. The first kappa shape index (κ1) is 26.6. The number of piperazine rings is 1. The standard InChI is InChI=1S/C32H30ClN3O3S/c33-27-14-10-23(11-15-27)30-9-5-4-6-26(30)21-35-18-19-36-28(22-35)16-12-24-20-25(13-17-31(24)36)32(37)34-40(38,39)29-7-2-1-3-8-29/h1-11,13-15,17,20,28H,12,16,18-19,21-22H2,(H,34,37)/t28-/m0/s1. The maximum Gasteiger partial charge on any atom is 0.265 e. The van der Waals surface area contributed by atoms with Gasteiger partial charge in [-0.2, -0.15) is 0 Å². The van der Waals surface area contributed by atoms with Crippen molar-refractivity contribution in [2.24, 2.45) is 0 Å². The fourth-order valence-electron chi connectivity index (χ4n) is 5.81. The number of aryl methyl sites for hydroxylation is 1. The van der Waals surface area contributed by atoms with E-state index in [1.807, 2.05) is 24.3 Å². The van der Waals surface area contributed by atoms with Crippen LogP contribution in [-0.2, 0) is 23.0 Å². The second-order valence-electron chi connectivity index (χ2n) is 10.4. The van der Waals surface area contributed by atoms with Crippen LogP contribution < -0.4 is 9.62 Å². The number of anilines is 1. The third-order valence-corrected chi connectivity index (χ3v) is 9.41. The zero-order valence-electron chi connectivity index (χ0n) is 22.0. The molecule has 1 atom stereocenters. The van der Waals surface area contributed by atoms with E-state index in [1.165, 1.54) is 28.8 Å². The minimum Gasteiger partial charge on any atom is -0.366 e. The molecule has 0 aliphatic carbocycles. The molecule has 40 heavy (non-hydrogen) atoms. The number of rotatable bonds is 6. The molecule has 2 heterocycles. The van der Waals surface area contributed by atoms with Crippen molar-refractivity contribution in [1.29, 1.82) is 0 Å². The number of carbonyl (C=O) groups is 1. The van der Waals surface area contributed by atoms with E-state index < -0.39 is 15.9 Å². The van der Waals surface area contributed by atoms with Gasteiger partial charge in [0.25, 0.3) is 15.9 Å². The van der Waals surface area contributed by atoms with Gasteiger partial charge in [-0.25, -0.2) is 13.1 Å². The normalized spacial score (nSPS) is 17.1. The summed E-state index contributed by atoms with van der Waals surface area (Å²) in [6, 6.07) is 30.4. The van der Waals surface area contributed by atoms with E-state index in [4.69, 9.17) is 11.6 Å². The van der Waals surface area contributed by atoms with E-state index in [-0.39, 0.29) is 4.90 Å². The smallest absolute Gasteiger partial charge is 0.265 e. The average Bonchev–Trinajstić information content (AvgIpc) is 2.98. The van der Waals surface area contributed by atoms with E-state index in [9.17, 15) is 13.2 Å². The molecule has 4 aromatic rings. The molecule has 2 aliphatic heterocycles. The Bertz CT molecular complexity index is 1640. The molecule has 1 amide bonds. The predicted octanol–water partition coefficient (Wildman–Crippen LogP) is 5.76. The van der Waals surface area contributed by atoms with Gasteiger partial charge >= 0.3 is 0 Å². The second kappa shape index (κ2) is 11.1. The van der Waals surface area contributed by atoms with Gasteiger partial charge in [0.15, 0.2) is 0 Å². The van der Waals surface area contributed by atoms with E-state index in [0.29, 0.717) is 11.6 Å². The van der Waals surface area contributed by atoms with Gasteiger partial charge in [0, 0.05) is 48.5 Å². The number of benzene rings is 4. The van der Waals surface area contributed by atoms with Crippen LogP contribution >= 0.6 is 11.6 Å². The lowest BCUT2D eigenvalue weighted by Gasteiger charge is -2.46. The molecule has 1 saturated heterocycles. The van der Waals surface area contributed by atoms with Gasteiger partial charge in [-0.3, -0.25) is 9.69 Å². The van der Waals surface area contributed by atoms with Crippen LogP contribution in [0.2, 0.25) is 5.02 Å². The molecule has 1 N–H and O–H groups in total. The number of nitrogens with one attached hydrogen (secondary N) is 1. The molecule has 0 saturated carbocycles. The quantitative estimate of drug-likeness (QED) is 0.318. The van der Waals surface area contributed by atoms with Crippen molar-refractivity contribution >= 4 is 33.2 Å². The number of hydrogen-bond acceptors (Lipinski definition) is 5. The Kier molecular flexibility index (Phi) is 7.36. The Labute approximate surface area is 240 Å². The summed E-state index contributed by atoms with van der Waals surface area (Å²) < 4.78 is 27.4. The first-order valence-corrected chi connectivity index (χ1v) is 15.3. The zero-order valence-corrected chi connectivity index (χ0v) is 23.5. The first-order chi connectivity index (χ1) is 19.4. The third-order valence-electron chi connectivity index (χ3n) is 7.81. The molecule has 0 aromatic heterocycles. The largest absolute Gasteiger partial charge is 0.366 e. The van der Waals surface area contributed by atoms with Gasteiger partial charge in [0.2, 0.25) is 0 Å². The summed E-state index contributed by atoms with van der Waals surface area (Å²) in [4.78, 5) is 17.9. The lowest BCUT2D eigenvalue weighted by molar-refractivity contribution is 0.0981. The lowest BCUT2D eigenvalue weighted by Crippen LogP contribution is -2.54. The van der Waals surface area contributed by atoms with E-state index >= 15 is 0 Å². The van der Waals surface area contributed by atoms with Crippen LogP contribution in [0.25, 0.3) is 11.1 Å². The number of nitrogens with zero attached hydrogens (tertiary/aromatic N) is 2. The lowest BCUT2D eigenvalue weighted by atomic mass is 9.92. The zero-order chi connectivity index (χ0) is 27.7. The molecule has 0 unspecified atom stereocenters. The summed E-state index contributed by atoms with van der Waals surface area (Å²) in [5.74, 6) is -0.613. The summed E-state index contributed by atoms with van der Waals surface area (Å²) in [5, 5.41) is 0.736. The predicted molar refractivity (Wildman–Crippen MR) is 159 cm³/mol. The van der Waals surface area contributed by atoms with Gasteiger partial charge in [0.1, 0.15) is 0 Å². The van der Waals surface area contributed by atoms with Crippen molar-refractivity contribution in [1.82, 2.24) is 9.62 Å². The number of sulfonamides is 1. The van der Waals surface area contributed by atoms with Crippen molar-refractivity contribution in [2.75, 3.05) is 24.5 Å². The Balaban J connectivity index is 1.14. The highest BCUT2D eigenvalue weighted by Gasteiger charge is 2.32. The number of carbonyl (C=O) groups excluding carboxylic acids is 1. The molecule has 0 bridgehead atoms. The number of fused-ring (bicyclic) bond motifs is 3. The number of halogens is 1. The van der Waals surface area contributed by atoms with E-state index in [2.05, 4.69) is 50.9 Å². The Morgan fingerprint density at radius 3 is 2.45 bits per heavy atom. The monoisotopic (exact) mass is 571 g/mol. The fraction of sp³-hybridized carbons (Fsp3) is 0.219. The van der Waals surface area contributed by atoms with Gasteiger partial charge < -0.3 is 4.90 Å². The highest BCUT2D eigenvalue weighted by atomic mass is 35.5. The summed E-state index contributed by atoms with van der Waals surface area (Å²) in [5.41, 5.74) is 6.28. The summed E-state index contributed by atoms with van der Waals surface area (Å²) in [6.45, 7) is 3.67. The molecule has 204 valence electrons. The van der Waals surface area contributed by atoms with Crippen molar-refractivity contribution in [3.05, 3.63) is 119 Å². The van der Waals surface area contributed by atoms with Gasteiger partial charge in [-0.1, -0.05) is 66.2 Å². The molecule has 0 radical (unpaired) electrons. The number of amides is 1. The summed E-state index contributed by atoms with van der Waals surface area (Å²) >= 11 is 6.11. The van der Waals surface area contributed by atoms with Gasteiger partial charge in [0.05, 0.1) is 4.90 Å². The van der Waals surface area contributed by atoms with Crippen LogP contribution in [0.1, 0.15) is 27.9 Å². The van der Waals surface area contributed by atoms with Gasteiger partial charge in [-0.15, -0.1) is 0 Å². The highest BCUT2D eigenvalue weighted by Crippen LogP contribution is 2.34. The Morgan fingerprint density at radius 1 is 0.900 bits per heavy atom. The van der Waals surface area contributed by atoms with Crippen LogP contribution in [0, 0.1) is 0 Å². The molecular weight excluding hydrogens is 542 g/mol. The Hall–Kier alpha value is -3.65. The molecule has 4 aromatic carbocycles. The van der Waals surface area contributed by atoms with Gasteiger partial charge in [-0.05, 0) is 77.6 Å². The Morgan fingerprint density at radius 2 is 1.65 bits per heavy atom. The summed E-state index contributed by atoms with van der Waals surface area (Å²) in [6.07, 6.45) is 1.83. The fourth-order valence-corrected chi connectivity index (χ4v) is 6.93. The van der Waals surface area contributed by atoms with Crippen LogP contribution in [-0.4, -0.2) is 44.9 Å². The van der Waals surface area contributed by atoms with Crippen molar-refractivity contribution in [2.45, 2.75) is 30.3 Å². The molecule has 6 nitrogen and oxygen atoms in total. The van der Waals surface area contributed by atoms with Crippen LogP contribution in [0.15, 0.2) is 102 Å². The van der Waals surface area contributed by atoms with Crippen LogP contribution in [0.3, 0.4) is 0 Å². The minimum absolute atomic E-state index is 0.0674. The minimum atomic E-state index is -3.92. The van der Waals surface area contributed by atoms with E-state index in [1.54, 1.807) is 24.3 Å². The average molecular weight is 572 g/mol. The number of hydrogen-bond donors (Lipinski definition) is 1. The molecular formula is C32H30ClN3O3S. The molecule has 2 aliphatic rings. The van der Waals surface area contributed by atoms with Crippen molar-refractivity contribution in [3.63, 3.8) is 0 Å². The second-order valence-corrected chi connectivity index (χ2v) is 12.5. The van der Waals surface area contributed by atoms with Crippen molar-refractivity contribution in [3.8, 4) is 11.1 Å². The first-order valence-electron chi connectivity index (χ1n) is 13.5.